The van der Waals surface area contributed by atoms with Crippen LogP contribution in [0.15, 0.2) is 54.6 Å². The molecule has 2 aromatic carbocycles. The molecular formula is C26H34N2O2. The van der Waals surface area contributed by atoms with Gasteiger partial charge >= 0.3 is 0 Å². The summed E-state index contributed by atoms with van der Waals surface area (Å²) < 4.78 is 0. The third-order valence-electron chi connectivity index (χ3n) is 5.95. The Morgan fingerprint density at radius 1 is 0.900 bits per heavy atom. The average Bonchev–Trinajstić information content (AvgIpc) is 2.78. The maximum absolute atomic E-state index is 12.1. The summed E-state index contributed by atoms with van der Waals surface area (Å²) in [5.41, 5.74) is 3.21. The van der Waals surface area contributed by atoms with Gasteiger partial charge in [-0.2, -0.15) is 0 Å². The summed E-state index contributed by atoms with van der Waals surface area (Å²) in [6.45, 7) is 6.29. The molecule has 1 aliphatic heterocycles. The second-order valence-corrected chi connectivity index (χ2v) is 8.55. The van der Waals surface area contributed by atoms with Crippen LogP contribution < -0.4 is 5.32 Å². The third kappa shape index (κ3) is 7.42. The molecule has 0 saturated carbocycles. The normalized spacial score (nSPS) is 15.1. The van der Waals surface area contributed by atoms with Crippen molar-refractivity contribution < 1.29 is 9.59 Å². The summed E-state index contributed by atoms with van der Waals surface area (Å²) in [6.07, 6.45) is 5.03. The quantitative estimate of drug-likeness (QED) is 0.447. The zero-order valence-corrected chi connectivity index (χ0v) is 18.1. The highest BCUT2D eigenvalue weighted by Gasteiger charge is 2.15. The van der Waals surface area contributed by atoms with Gasteiger partial charge in [-0.15, -0.1) is 0 Å². The molecule has 0 unspecified atom stereocenters. The van der Waals surface area contributed by atoms with E-state index in [1.54, 1.807) is 0 Å². The smallest absolute Gasteiger partial charge is 0.220 e. The van der Waals surface area contributed by atoms with E-state index >= 15 is 0 Å². The Hall–Kier alpha value is -2.46. The lowest BCUT2D eigenvalue weighted by atomic mass is 9.99. The number of nitrogens with zero attached hydrogens (tertiary/aromatic N) is 1. The van der Waals surface area contributed by atoms with Crippen molar-refractivity contribution in [3.8, 4) is 0 Å². The van der Waals surface area contributed by atoms with Crippen molar-refractivity contribution in [1.29, 1.82) is 0 Å². The van der Waals surface area contributed by atoms with Crippen LogP contribution in [-0.4, -0.2) is 29.7 Å². The zero-order chi connectivity index (χ0) is 21.2. The maximum atomic E-state index is 12.1. The lowest BCUT2D eigenvalue weighted by Gasteiger charge is -2.30. The van der Waals surface area contributed by atoms with Gasteiger partial charge < -0.3 is 5.32 Å². The fourth-order valence-corrected chi connectivity index (χ4v) is 3.87. The molecule has 0 spiro atoms. The van der Waals surface area contributed by atoms with E-state index < -0.39 is 0 Å². The van der Waals surface area contributed by atoms with Crippen molar-refractivity contribution in [1.82, 2.24) is 10.2 Å². The van der Waals surface area contributed by atoms with Gasteiger partial charge in [-0.25, -0.2) is 0 Å². The molecule has 1 N–H and O–H groups in total. The SMILES string of the molecule is CC1CCN(Cc2ccc(CNC(=O)CCCCC(=O)c3ccccc3)cc2)CC1. The number of carbonyl (C=O) groups is 2. The molecule has 3 rings (SSSR count). The van der Waals surface area contributed by atoms with Gasteiger partial charge in [-0.05, 0) is 55.8 Å². The minimum absolute atomic E-state index is 0.0497. The number of hydrogen-bond acceptors (Lipinski definition) is 3. The molecule has 160 valence electrons. The summed E-state index contributed by atoms with van der Waals surface area (Å²) in [6, 6.07) is 17.9. The van der Waals surface area contributed by atoms with Gasteiger partial charge in [-0.1, -0.05) is 61.5 Å². The van der Waals surface area contributed by atoms with Gasteiger partial charge in [0.25, 0.3) is 0 Å². The first kappa shape index (κ1) is 22.2. The molecule has 1 saturated heterocycles. The Bertz CT molecular complexity index is 794. The summed E-state index contributed by atoms with van der Waals surface area (Å²) in [4.78, 5) is 26.7. The number of Topliss-reactive ketones (excluding diaryl/α,β-unsaturated/α-hetero) is 1. The predicted octanol–water partition coefficient (Wildman–Crippen LogP) is 4.98. The molecule has 0 radical (unpaired) electrons. The highest BCUT2D eigenvalue weighted by molar-refractivity contribution is 5.95. The Kier molecular flexibility index (Phi) is 8.64. The van der Waals surface area contributed by atoms with Gasteiger partial charge in [0.05, 0.1) is 0 Å². The number of amides is 1. The Balaban J connectivity index is 1.30. The fraction of sp³-hybridized carbons (Fsp3) is 0.462. The number of likely N-dealkylation sites (tertiary alicyclic amines) is 1. The number of piperidine rings is 1. The van der Waals surface area contributed by atoms with Crippen LogP contribution in [0.2, 0.25) is 0 Å². The first-order chi connectivity index (χ1) is 14.6. The maximum Gasteiger partial charge on any atom is 0.220 e. The first-order valence-corrected chi connectivity index (χ1v) is 11.3. The minimum Gasteiger partial charge on any atom is -0.352 e. The van der Waals surface area contributed by atoms with Crippen LogP contribution >= 0.6 is 0 Å². The molecule has 4 heteroatoms. The van der Waals surface area contributed by atoms with Crippen LogP contribution in [0.5, 0.6) is 0 Å². The van der Waals surface area contributed by atoms with E-state index in [0.717, 1.165) is 36.4 Å². The molecule has 30 heavy (non-hydrogen) atoms. The molecule has 0 atom stereocenters. The lowest BCUT2D eigenvalue weighted by Crippen LogP contribution is -2.32. The van der Waals surface area contributed by atoms with E-state index in [2.05, 4.69) is 41.4 Å². The molecular weight excluding hydrogens is 372 g/mol. The Morgan fingerprint density at radius 3 is 2.23 bits per heavy atom. The molecule has 0 bridgehead atoms. The minimum atomic E-state index is 0.0497. The zero-order valence-electron chi connectivity index (χ0n) is 18.1. The van der Waals surface area contributed by atoms with E-state index in [1.165, 1.54) is 31.5 Å². The number of ketones is 1. The molecule has 0 aliphatic carbocycles. The van der Waals surface area contributed by atoms with Crippen LogP contribution in [0, 0.1) is 5.92 Å². The van der Waals surface area contributed by atoms with Crippen LogP contribution in [0.1, 0.15) is 66.9 Å². The van der Waals surface area contributed by atoms with Crippen LogP contribution in [0.3, 0.4) is 0 Å². The van der Waals surface area contributed by atoms with Gasteiger partial charge in [0.15, 0.2) is 5.78 Å². The van der Waals surface area contributed by atoms with Crippen LogP contribution in [-0.2, 0) is 17.9 Å². The lowest BCUT2D eigenvalue weighted by molar-refractivity contribution is -0.121. The second-order valence-electron chi connectivity index (χ2n) is 8.55. The Labute approximate surface area is 180 Å². The van der Waals surface area contributed by atoms with Crippen molar-refractivity contribution in [2.75, 3.05) is 13.1 Å². The number of unbranched alkanes of at least 4 members (excludes halogenated alkanes) is 1. The summed E-state index contributed by atoms with van der Waals surface area (Å²) in [7, 11) is 0. The standard InChI is InChI=1S/C26H34N2O2/c1-21-15-17-28(18-16-21)20-23-13-11-22(12-14-23)19-27-26(30)10-6-5-9-25(29)24-7-3-2-4-8-24/h2-4,7-8,11-14,21H,5-6,9-10,15-20H2,1H3,(H,27,30). The van der Waals surface area contributed by atoms with Crippen LogP contribution in [0.25, 0.3) is 0 Å². The van der Waals surface area contributed by atoms with Crippen molar-refractivity contribution in [2.24, 2.45) is 5.92 Å². The van der Waals surface area contributed by atoms with E-state index in [-0.39, 0.29) is 11.7 Å². The summed E-state index contributed by atoms with van der Waals surface area (Å²) in [5, 5.41) is 2.99. The molecule has 1 aliphatic rings. The van der Waals surface area contributed by atoms with Gasteiger partial charge in [0, 0.05) is 31.5 Å². The van der Waals surface area contributed by atoms with E-state index in [0.29, 0.717) is 19.4 Å². The van der Waals surface area contributed by atoms with Crippen molar-refractivity contribution in [2.45, 2.75) is 58.5 Å². The number of rotatable bonds is 10. The molecule has 1 fully saturated rings. The summed E-state index contributed by atoms with van der Waals surface area (Å²) in [5.74, 6) is 1.06. The first-order valence-electron chi connectivity index (χ1n) is 11.3. The second kappa shape index (κ2) is 11.7. The fourth-order valence-electron chi connectivity index (χ4n) is 3.87. The molecule has 1 heterocycles. The summed E-state index contributed by atoms with van der Waals surface area (Å²) >= 11 is 0. The molecule has 2 aromatic rings. The highest BCUT2D eigenvalue weighted by Crippen LogP contribution is 2.18. The van der Waals surface area contributed by atoms with Crippen molar-refractivity contribution in [3.05, 3.63) is 71.3 Å². The molecule has 4 nitrogen and oxygen atoms in total. The molecule has 1 amide bonds. The van der Waals surface area contributed by atoms with E-state index in [1.807, 2.05) is 30.3 Å². The number of carbonyl (C=O) groups excluding carboxylic acids is 2. The largest absolute Gasteiger partial charge is 0.352 e. The number of nitrogens with one attached hydrogen (secondary N) is 1. The van der Waals surface area contributed by atoms with E-state index in [9.17, 15) is 9.59 Å². The average molecular weight is 407 g/mol. The van der Waals surface area contributed by atoms with Gasteiger partial charge in [-0.3, -0.25) is 14.5 Å². The number of hydrogen-bond donors (Lipinski definition) is 1. The van der Waals surface area contributed by atoms with Gasteiger partial charge in [0.1, 0.15) is 0 Å². The monoisotopic (exact) mass is 406 g/mol. The third-order valence-corrected chi connectivity index (χ3v) is 5.95. The predicted molar refractivity (Wildman–Crippen MR) is 121 cm³/mol. The Morgan fingerprint density at radius 2 is 1.53 bits per heavy atom. The molecule has 0 aromatic heterocycles. The number of benzene rings is 2. The van der Waals surface area contributed by atoms with Crippen LogP contribution in [0.4, 0.5) is 0 Å². The highest BCUT2D eigenvalue weighted by atomic mass is 16.1. The van der Waals surface area contributed by atoms with Gasteiger partial charge in [0.2, 0.25) is 5.91 Å². The van der Waals surface area contributed by atoms with E-state index in [4.69, 9.17) is 0 Å². The van der Waals surface area contributed by atoms with Crippen molar-refractivity contribution >= 4 is 11.7 Å². The van der Waals surface area contributed by atoms with Crippen molar-refractivity contribution in [3.63, 3.8) is 0 Å². The topological polar surface area (TPSA) is 49.4 Å².